The molecule has 0 spiro atoms. The highest BCUT2D eigenvalue weighted by Gasteiger charge is 2.36. The molecule has 0 aliphatic heterocycles. The van der Waals surface area contributed by atoms with Gasteiger partial charge in [0.1, 0.15) is 5.82 Å². The van der Waals surface area contributed by atoms with Crippen molar-refractivity contribution in [3.8, 4) is 11.1 Å². The van der Waals surface area contributed by atoms with Crippen LogP contribution < -0.4 is 0 Å². The molecular weight excluding hydrogens is 429 g/mol. The van der Waals surface area contributed by atoms with Crippen molar-refractivity contribution in [3.05, 3.63) is 83.7 Å². The Morgan fingerprint density at radius 2 is 1.65 bits per heavy atom. The third-order valence-corrected chi connectivity index (χ3v) is 8.23. The number of rotatable bonds is 8. The van der Waals surface area contributed by atoms with E-state index in [2.05, 4.69) is 6.58 Å². The summed E-state index contributed by atoms with van der Waals surface area (Å²) in [4.78, 5) is 0. The van der Waals surface area contributed by atoms with E-state index < -0.39 is 17.5 Å². The van der Waals surface area contributed by atoms with Gasteiger partial charge in [-0.1, -0.05) is 48.9 Å². The van der Waals surface area contributed by atoms with Gasteiger partial charge in [0, 0.05) is 11.1 Å². The Labute approximate surface area is 203 Å². The molecule has 0 saturated heterocycles. The molecule has 3 heteroatoms. The summed E-state index contributed by atoms with van der Waals surface area (Å²) in [5.41, 5.74) is 1.46. The summed E-state index contributed by atoms with van der Waals surface area (Å²) < 4.78 is 44.6. The van der Waals surface area contributed by atoms with Gasteiger partial charge < -0.3 is 0 Å². The van der Waals surface area contributed by atoms with Crippen LogP contribution in [0.15, 0.2) is 55.1 Å². The van der Waals surface area contributed by atoms with Crippen molar-refractivity contribution in [2.75, 3.05) is 0 Å². The molecule has 0 N–H and O–H groups in total. The minimum absolute atomic E-state index is 0.00196. The molecule has 2 aromatic rings. The molecule has 2 aromatic carbocycles. The van der Waals surface area contributed by atoms with Gasteiger partial charge in [0.05, 0.1) is 0 Å². The molecule has 0 radical (unpaired) electrons. The summed E-state index contributed by atoms with van der Waals surface area (Å²) in [5, 5.41) is 0. The van der Waals surface area contributed by atoms with Crippen molar-refractivity contribution in [2.45, 2.75) is 77.0 Å². The van der Waals surface area contributed by atoms with Crippen LogP contribution in [-0.4, -0.2) is 0 Å². The number of fused-ring (bicyclic) bond motifs is 1. The molecule has 0 heterocycles. The van der Waals surface area contributed by atoms with Crippen LogP contribution in [-0.2, 0) is 6.42 Å². The summed E-state index contributed by atoms with van der Waals surface area (Å²) in [5.74, 6) is 0.413. The molecule has 0 bridgehead atoms. The Bertz CT molecular complexity index is 1020. The monoisotopic (exact) mass is 466 g/mol. The molecule has 182 valence electrons. The third-order valence-electron chi connectivity index (χ3n) is 8.23. The lowest BCUT2D eigenvalue weighted by atomic mass is 9.63. The smallest absolute Gasteiger partial charge is 0.167 e. The quantitative estimate of drug-likeness (QED) is 0.340. The second-order valence-corrected chi connectivity index (χ2v) is 10.3. The zero-order valence-corrected chi connectivity index (χ0v) is 20.3. The van der Waals surface area contributed by atoms with Crippen LogP contribution in [0.5, 0.6) is 0 Å². The Morgan fingerprint density at radius 3 is 2.41 bits per heavy atom. The molecular formula is C31H37F3. The number of allylic oxidation sites excluding steroid dienone is 3. The molecule has 4 atom stereocenters. The predicted octanol–water partition coefficient (Wildman–Crippen LogP) is 9.55. The van der Waals surface area contributed by atoms with Crippen LogP contribution in [0, 0.1) is 35.2 Å². The van der Waals surface area contributed by atoms with E-state index in [0.29, 0.717) is 24.3 Å². The number of hydrogen-bond donors (Lipinski definition) is 0. The van der Waals surface area contributed by atoms with Crippen LogP contribution in [0.4, 0.5) is 13.2 Å². The molecule has 0 amide bonds. The second-order valence-electron chi connectivity index (χ2n) is 10.3. The van der Waals surface area contributed by atoms with Gasteiger partial charge in [0.2, 0.25) is 0 Å². The topological polar surface area (TPSA) is 0 Å². The van der Waals surface area contributed by atoms with E-state index in [1.54, 1.807) is 18.2 Å². The largest absolute Gasteiger partial charge is 0.206 e. The normalized spacial score (nSPS) is 24.8. The Kier molecular flexibility index (Phi) is 8.34. The molecule has 2 saturated carbocycles. The van der Waals surface area contributed by atoms with Gasteiger partial charge in [-0.2, -0.15) is 0 Å². The van der Waals surface area contributed by atoms with Crippen LogP contribution >= 0.6 is 0 Å². The van der Waals surface area contributed by atoms with E-state index in [0.717, 1.165) is 42.6 Å². The summed E-state index contributed by atoms with van der Waals surface area (Å²) in [6, 6.07) is 8.22. The predicted molar refractivity (Wildman–Crippen MR) is 135 cm³/mol. The van der Waals surface area contributed by atoms with Gasteiger partial charge in [0.15, 0.2) is 11.6 Å². The molecule has 0 nitrogen and oxygen atoms in total. The SMILES string of the molecule is C=CCCC1CCC2CC(c3ccc(-c4ccc(CC/C=C/C)c(F)c4F)c(F)c3)CCC2C1. The van der Waals surface area contributed by atoms with Crippen LogP contribution in [0.25, 0.3) is 11.1 Å². The van der Waals surface area contributed by atoms with Crippen molar-refractivity contribution in [2.24, 2.45) is 17.8 Å². The van der Waals surface area contributed by atoms with E-state index in [9.17, 15) is 8.78 Å². The highest BCUT2D eigenvalue weighted by molar-refractivity contribution is 5.66. The Balaban J connectivity index is 1.45. The van der Waals surface area contributed by atoms with Gasteiger partial charge in [0.25, 0.3) is 0 Å². The zero-order valence-electron chi connectivity index (χ0n) is 20.3. The molecule has 2 aliphatic rings. The van der Waals surface area contributed by atoms with Crippen molar-refractivity contribution < 1.29 is 13.2 Å². The van der Waals surface area contributed by atoms with Crippen molar-refractivity contribution in [1.29, 1.82) is 0 Å². The summed E-state index contributed by atoms with van der Waals surface area (Å²) >= 11 is 0. The van der Waals surface area contributed by atoms with E-state index in [1.165, 1.54) is 38.2 Å². The number of halogens is 3. The average Bonchev–Trinajstić information content (AvgIpc) is 2.85. The van der Waals surface area contributed by atoms with Crippen LogP contribution in [0.1, 0.15) is 81.8 Å². The van der Waals surface area contributed by atoms with Gasteiger partial charge in [-0.15, -0.1) is 6.58 Å². The lowest BCUT2D eigenvalue weighted by molar-refractivity contribution is 0.115. The Hall–Kier alpha value is -2.29. The molecule has 2 aliphatic carbocycles. The zero-order chi connectivity index (χ0) is 24.1. The Morgan fingerprint density at radius 1 is 0.882 bits per heavy atom. The molecule has 0 aromatic heterocycles. The third kappa shape index (κ3) is 5.50. The fourth-order valence-corrected chi connectivity index (χ4v) is 6.30. The van der Waals surface area contributed by atoms with Crippen molar-refractivity contribution >= 4 is 0 Å². The first-order chi connectivity index (χ1) is 16.5. The van der Waals surface area contributed by atoms with Crippen molar-refractivity contribution in [1.82, 2.24) is 0 Å². The molecule has 34 heavy (non-hydrogen) atoms. The maximum absolute atomic E-state index is 15.1. The fourth-order valence-electron chi connectivity index (χ4n) is 6.30. The number of hydrogen-bond acceptors (Lipinski definition) is 0. The van der Waals surface area contributed by atoms with E-state index in [-0.39, 0.29) is 11.1 Å². The minimum Gasteiger partial charge on any atom is -0.206 e. The van der Waals surface area contributed by atoms with Gasteiger partial charge in [-0.3, -0.25) is 0 Å². The van der Waals surface area contributed by atoms with Crippen LogP contribution in [0.3, 0.4) is 0 Å². The summed E-state index contributed by atoms with van der Waals surface area (Å²) in [6.45, 7) is 5.75. The highest BCUT2D eigenvalue weighted by atomic mass is 19.2. The van der Waals surface area contributed by atoms with Crippen LogP contribution in [0.2, 0.25) is 0 Å². The van der Waals surface area contributed by atoms with E-state index >= 15 is 4.39 Å². The lowest BCUT2D eigenvalue weighted by Gasteiger charge is -2.42. The van der Waals surface area contributed by atoms with E-state index in [4.69, 9.17) is 0 Å². The number of aryl methyl sites for hydroxylation is 1. The second kappa shape index (κ2) is 11.4. The highest BCUT2D eigenvalue weighted by Crippen LogP contribution is 2.48. The first-order valence-electron chi connectivity index (χ1n) is 13.0. The summed E-state index contributed by atoms with van der Waals surface area (Å²) in [6.07, 6.45) is 16.6. The first kappa shape index (κ1) is 24.8. The average molecular weight is 467 g/mol. The van der Waals surface area contributed by atoms with Gasteiger partial charge in [-0.25, -0.2) is 13.2 Å². The minimum atomic E-state index is -0.960. The van der Waals surface area contributed by atoms with Crippen molar-refractivity contribution in [3.63, 3.8) is 0 Å². The van der Waals surface area contributed by atoms with Gasteiger partial charge in [-0.05, 0) is 106 Å². The summed E-state index contributed by atoms with van der Waals surface area (Å²) in [7, 11) is 0. The molecule has 4 unspecified atom stereocenters. The molecule has 4 rings (SSSR count). The first-order valence-corrected chi connectivity index (χ1v) is 13.0. The number of benzene rings is 2. The molecule has 2 fully saturated rings. The maximum atomic E-state index is 15.1. The fraction of sp³-hybridized carbons (Fsp3) is 0.484. The van der Waals surface area contributed by atoms with Gasteiger partial charge >= 0.3 is 0 Å². The van der Waals surface area contributed by atoms with E-state index in [1.807, 2.05) is 31.2 Å². The lowest BCUT2D eigenvalue weighted by Crippen LogP contribution is -2.30. The standard InChI is InChI=1S/C31H37F3/c1-3-5-7-9-22-14-17-28(31(34)30(22)33)27-16-15-26(20-29(27)32)25-13-12-23-18-21(8-6-4-2)10-11-24(23)19-25/h3-5,14-17,20-21,23-25H,2,6-13,18-19H2,1H3/b5-3+. The maximum Gasteiger partial charge on any atom is 0.167 e.